The van der Waals surface area contributed by atoms with Gasteiger partial charge in [0, 0.05) is 6.42 Å². The predicted octanol–water partition coefficient (Wildman–Crippen LogP) is 2.56. The molecule has 1 rings (SSSR count). The highest BCUT2D eigenvalue weighted by Crippen LogP contribution is 2.25. The zero-order chi connectivity index (χ0) is 16.0. The number of methoxy groups -OCH3 is 1. The van der Waals surface area contributed by atoms with Gasteiger partial charge in [-0.2, -0.15) is 0 Å². The largest absolute Gasteiger partial charge is 0.497 e. The second-order valence-electron chi connectivity index (χ2n) is 5.56. The molecule has 2 N–H and O–H groups in total. The van der Waals surface area contributed by atoms with Crippen LogP contribution in [-0.4, -0.2) is 29.6 Å². The van der Waals surface area contributed by atoms with Gasteiger partial charge in [0.05, 0.1) is 7.11 Å². The van der Waals surface area contributed by atoms with Crippen LogP contribution in [0, 0.1) is 0 Å². The monoisotopic (exact) mass is 293 g/mol. The highest BCUT2D eigenvalue weighted by molar-refractivity contribution is 5.86. The number of amides is 1. The Balaban J connectivity index is 2.73. The zero-order valence-electron chi connectivity index (χ0n) is 13.0. The lowest BCUT2D eigenvalue weighted by Gasteiger charge is -2.23. The Morgan fingerprint density at radius 3 is 2.29 bits per heavy atom. The molecular formula is C16H23NO4. The molecule has 0 aromatic heterocycles. The Morgan fingerprint density at radius 2 is 1.86 bits per heavy atom. The van der Waals surface area contributed by atoms with E-state index in [2.05, 4.69) is 5.32 Å². The fourth-order valence-corrected chi connectivity index (χ4v) is 2.05. The fraction of sp³-hybridized carbons (Fsp3) is 0.500. The first-order valence-corrected chi connectivity index (χ1v) is 6.98. The van der Waals surface area contributed by atoms with Gasteiger partial charge in [0.1, 0.15) is 11.3 Å². The molecule has 1 atom stereocenters. The topological polar surface area (TPSA) is 75.6 Å². The standard InChI is InChI=1S/C16H23NO4/c1-5-11(12-6-8-13(21-4)9-7-12)10-14(18)17-16(2,3)15(19)20/h6-9,11H,5,10H2,1-4H3,(H,17,18)(H,19,20). The van der Waals surface area contributed by atoms with E-state index in [9.17, 15) is 9.59 Å². The third kappa shape index (κ3) is 4.77. The summed E-state index contributed by atoms with van der Waals surface area (Å²) >= 11 is 0. The Morgan fingerprint density at radius 1 is 1.29 bits per heavy atom. The second kappa shape index (κ2) is 7.11. The summed E-state index contributed by atoms with van der Waals surface area (Å²) in [5.41, 5.74) is -0.212. The predicted molar refractivity (Wildman–Crippen MR) is 80.5 cm³/mol. The molecule has 0 aliphatic carbocycles. The van der Waals surface area contributed by atoms with Gasteiger partial charge in [-0.05, 0) is 43.9 Å². The van der Waals surface area contributed by atoms with E-state index in [0.29, 0.717) is 0 Å². The van der Waals surface area contributed by atoms with Gasteiger partial charge < -0.3 is 15.2 Å². The van der Waals surface area contributed by atoms with Crippen molar-refractivity contribution in [1.82, 2.24) is 5.32 Å². The number of carboxylic acids is 1. The average Bonchev–Trinajstić information content (AvgIpc) is 2.44. The Kier molecular flexibility index (Phi) is 5.76. The number of carbonyl (C=O) groups excluding carboxylic acids is 1. The summed E-state index contributed by atoms with van der Waals surface area (Å²) in [6.45, 7) is 4.95. The lowest BCUT2D eigenvalue weighted by atomic mass is 9.92. The van der Waals surface area contributed by atoms with Crippen molar-refractivity contribution in [3.05, 3.63) is 29.8 Å². The summed E-state index contributed by atoms with van der Waals surface area (Å²) in [5, 5.41) is 11.6. The molecule has 0 bridgehead atoms. The van der Waals surface area contributed by atoms with Crippen molar-refractivity contribution in [2.24, 2.45) is 0 Å². The third-order valence-electron chi connectivity index (χ3n) is 3.50. The minimum Gasteiger partial charge on any atom is -0.497 e. The van der Waals surface area contributed by atoms with Gasteiger partial charge in [0.25, 0.3) is 0 Å². The minimum absolute atomic E-state index is 0.0560. The van der Waals surface area contributed by atoms with E-state index in [1.807, 2.05) is 31.2 Å². The maximum absolute atomic E-state index is 12.0. The van der Waals surface area contributed by atoms with Crippen LogP contribution >= 0.6 is 0 Å². The molecule has 0 saturated heterocycles. The summed E-state index contributed by atoms with van der Waals surface area (Å²) in [6, 6.07) is 7.58. The smallest absolute Gasteiger partial charge is 0.328 e. The highest BCUT2D eigenvalue weighted by atomic mass is 16.5. The van der Waals surface area contributed by atoms with E-state index >= 15 is 0 Å². The van der Waals surface area contributed by atoms with Crippen LogP contribution in [-0.2, 0) is 9.59 Å². The molecule has 1 amide bonds. The minimum atomic E-state index is -1.25. The fourth-order valence-electron chi connectivity index (χ4n) is 2.05. The van der Waals surface area contributed by atoms with Crippen LogP contribution in [0.4, 0.5) is 0 Å². The molecule has 5 nitrogen and oxygen atoms in total. The summed E-state index contributed by atoms with van der Waals surface area (Å²) in [6.07, 6.45) is 1.06. The van der Waals surface area contributed by atoms with Crippen molar-refractivity contribution in [2.75, 3.05) is 7.11 Å². The van der Waals surface area contributed by atoms with E-state index in [-0.39, 0.29) is 18.2 Å². The number of carbonyl (C=O) groups is 2. The normalized spacial score (nSPS) is 12.6. The molecule has 21 heavy (non-hydrogen) atoms. The van der Waals surface area contributed by atoms with Crippen molar-refractivity contribution >= 4 is 11.9 Å². The first kappa shape index (κ1) is 17.0. The molecule has 0 aliphatic rings. The quantitative estimate of drug-likeness (QED) is 0.810. The average molecular weight is 293 g/mol. The number of ether oxygens (including phenoxy) is 1. The summed E-state index contributed by atoms with van der Waals surface area (Å²) in [4.78, 5) is 23.1. The van der Waals surface area contributed by atoms with Gasteiger partial charge in [-0.3, -0.25) is 4.79 Å². The Hall–Kier alpha value is -2.04. The Labute approximate surface area is 125 Å². The first-order valence-electron chi connectivity index (χ1n) is 6.98. The van der Waals surface area contributed by atoms with Crippen LogP contribution in [0.25, 0.3) is 0 Å². The molecule has 1 aromatic carbocycles. The summed E-state index contributed by atoms with van der Waals surface area (Å²) < 4.78 is 5.11. The van der Waals surface area contributed by atoms with Gasteiger partial charge in [-0.1, -0.05) is 19.1 Å². The number of hydrogen-bond acceptors (Lipinski definition) is 3. The van der Waals surface area contributed by atoms with Crippen molar-refractivity contribution < 1.29 is 19.4 Å². The number of aliphatic carboxylic acids is 1. The third-order valence-corrected chi connectivity index (χ3v) is 3.50. The van der Waals surface area contributed by atoms with E-state index in [0.717, 1.165) is 17.7 Å². The first-order chi connectivity index (χ1) is 9.80. The number of carboxylic acid groups (broad SMARTS) is 1. The van der Waals surface area contributed by atoms with Crippen LogP contribution < -0.4 is 10.1 Å². The molecular weight excluding hydrogens is 270 g/mol. The highest BCUT2D eigenvalue weighted by Gasteiger charge is 2.29. The van der Waals surface area contributed by atoms with E-state index < -0.39 is 11.5 Å². The van der Waals surface area contributed by atoms with Crippen molar-refractivity contribution in [1.29, 1.82) is 0 Å². The number of rotatable bonds is 7. The second-order valence-corrected chi connectivity index (χ2v) is 5.56. The van der Waals surface area contributed by atoms with Gasteiger partial charge in [-0.25, -0.2) is 4.79 Å². The lowest BCUT2D eigenvalue weighted by molar-refractivity contribution is -0.146. The molecule has 5 heteroatoms. The van der Waals surface area contributed by atoms with Gasteiger partial charge >= 0.3 is 5.97 Å². The number of hydrogen-bond donors (Lipinski definition) is 2. The maximum Gasteiger partial charge on any atom is 0.328 e. The summed E-state index contributed by atoms with van der Waals surface area (Å²) in [7, 11) is 1.60. The van der Waals surface area contributed by atoms with Crippen LogP contribution in [0.1, 0.15) is 45.1 Å². The van der Waals surface area contributed by atoms with Gasteiger partial charge in [-0.15, -0.1) is 0 Å². The van der Waals surface area contributed by atoms with Crippen LogP contribution in [0.5, 0.6) is 5.75 Å². The van der Waals surface area contributed by atoms with Crippen molar-refractivity contribution in [3.63, 3.8) is 0 Å². The van der Waals surface area contributed by atoms with Crippen molar-refractivity contribution in [2.45, 2.75) is 45.1 Å². The Bertz CT molecular complexity index is 494. The van der Waals surface area contributed by atoms with E-state index in [1.54, 1.807) is 7.11 Å². The van der Waals surface area contributed by atoms with Gasteiger partial charge in [0.15, 0.2) is 0 Å². The van der Waals surface area contributed by atoms with Crippen molar-refractivity contribution in [3.8, 4) is 5.75 Å². The molecule has 116 valence electrons. The molecule has 1 unspecified atom stereocenters. The molecule has 0 radical (unpaired) electrons. The zero-order valence-corrected chi connectivity index (χ0v) is 13.0. The number of nitrogens with one attached hydrogen (secondary N) is 1. The SMILES string of the molecule is CCC(CC(=O)NC(C)(C)C(=O)O)c1ccc(OC)cc1. The summed E-state index contributed by atoms with van der Waals surface area (Å²) in [5.74, 6) is -0.482. The van der Waals surface area contributed by atoms with E-state index in [4.69, 9.17) is 9.84 Å². The molecule has 0 heterocycles. The van der Waals surface area contributed by atoms with Gasteiger partial charge in [0.2, 0.25) is 5.91 Å². The molecule has 0 spiro atoms. The number of benzene rings is 1. The van der Waals surface area contributed by atoms with E-state index in [1.165, 1.54) is 13.8 Å². The lowest BCUT2D eigenvalue weighted by Crippen LogP contribution is -2.49. The molecule has 0 saturated carbocycles. The van der Waals surface area contributed by atoms with Crippen LogP contribution in [0.3, 0.4) is 0 Å². The molecule has 0 aliphatic heterocycles. The molecule has 0 fully saturated rings. The van der Waals surface area contributed by atoms with Crippen LogP contribution in [0.15, 0.2) is 24.3 Å². The maximum atomic E-state index is 12.0. The van der Waals surface area contributed by atoms with Crippen LogP contribution in [0.2, 0.25) is 0 Å². The molecule has 1 aromatic rings.